The molecule has 0 saturated heterocycles. The summed E-state index contributed by atoms with van der Waals surface area (Å²) in [6.07, 6.45) is 20.9. The summed E-state index contributed by atoms with van der Waals surface area (Å²) in [7, 11) is 0. The molecule has 0 bridgehead atoms. The van der Waals surface area contributed by atoms with Crippen LogP contribution in [0.3, 0.4) is 0 Å². The van der Waals surface area contributed by atoms with Gasteiger partial charge in [0.05, 0.1) is 6.04 Å². The van der Waals surface area contributed by atoms with Crippen molar-refractivity contribution >= 4 is 23.1 Å². The molecule has 2 heterocycles. The van der Waals surface area contributed by atoms with Crippen LogP contribution in [0.5, 0.6) is 0 Å². The van der Waals surface area contributed by atoms with Crippen LogP contribution in [0.4, 0.5) is 0 Å². The zero-order valence-corrected chi connectivity index (χ0v) is 26.1. The fourth-order valence-electron chi connectivity index (χ4n) is 7.13. The summed E-state index contributed by atoms with van der Waals surface area (Å²) < 4.78 is 0. The van der Waals surface area contributed by atoms with E-state index in [1.807, 2.05) is 36.4 Å². The number of rotatable bonds is 5. The minimum atomic E-state index is -0.362. The summed E-state index contributed by atoms with van der Waals surface area (Å²) in [5.74, 6) is 3.19. The molecule has 226 valence electrons. The number of aliphatic imine (C=N–C) groups is 3. The standard InChI is InChI=1S/C41H37N5/c1-26-21-27(2)43-40(42-26)32-22-31(37-25-30-17-9-10-18-34(30)35-19-11-12-20-36(35)37)23-33(24-32)41-45-38(28-13-5-3-6-14-28)44-39(46-41)29-15-7-4-8-16-29/h3-20,22-27,34-35,38H,21H2,1-2H3,(H,42,43)(H,44,45,46)/t26?,27?,34?,35?,38-/m1/s1. The molecular weight excluding hydrogens is 562 g/mol. The second-order valence-corrected chi connectivity index (χ2v) is 12.7. The van der Waals surface area contributed by atoms with Crippen molar-refractivity contribution in [2.24, 2.45) is 26.8 Å². The monoisotopic (exact) mass is 599 g/mol. The van der Waals surface area contributed by atoms with Crippen LogP contribution in [-0.2, 0) is 0 Å². The molecule has 0 amide bonds. The quantitative estimate of drug-likeness (QED) is 0.314. The normalized spacial score (nSPS) is 26.2. The number of benzene rings is 3. The molecule has 5 nitrogen and oxygen atoms in total. The van der Waals surface area contributed by atoms with Crippen molar-refractivity contribution < 1.29 is 0 Å². The van der Waals surface area contributed by atoms with Gasteiger partial charge in [0, 0.05) is 34.6 Å². The number of nitrogens with one attached hydrogen (secondary N) is 2. The zero-order chi connectivity index (χ0) is 31.0. The Bertz CT molecular complexity index is 1950. The highest BCUT2D eigenvalue weighted by Crippen LogP contribution is 2.44. The van der Waals surface area contributed by atoms with E-state index in [-0.39, 0.29) is 12.2 Å². The van der Waals surface area contributed by atoms with Crippen molar-refractivity contribution in [1.29, 1.82) is 0 Å². The Balaban J connectivity index is 1.30. The third-order valence-corrected chi connectivity index (χ3v) is 9.28. The van der Waals surface area contributed by atoms with Crippen LogP contribution in [0.25, 0.3) is 5.57 Å². The molecule has 0 fully saturated rings. The molecular formula is C41H37N5. The Morgan fingerprint density at radius 3 is 2.04 bits per heavy atom. The molecule has 0 aromatic heterocycles. The van der Waals surface area contributed by atoms with Gasteiger partial charge in [0.25, 0.3) is 0 Å². The predicted octanol–water partition coefficient (Wildman–Crippen LogP) is 7.88. The lowest BCUT2D eigenvalue weighted by atomic mass is 9.70. The molecule has 8 rings (SSSR count). The molecule has 0 radical (unpaired) electrons. The van der Waals surface area contributed by atoms with Gasteiger partial charge in [0.1, 0.15) is 17.5 Å². The zero-order valence-electron chi connectivity index (χ0n) is 26.1. The van der Waals surface area contributed by atoms with Crippen molar-refractivity contribution in [2.45, 2.75) is 38.5 Å². The summed E-state index contributed by atoms with van der Waals surface area (Å²) in [5, 5.41) is 7.31. The predicted molar refractivity (Wildman–Crippen MR) is 190 cm³/mol. The van der Waals surface area contributed by atoms with Gasteiger partial charge < -0.3 is 10.6 Å². The van der Waals surface area contributed by atoms with Gasteiger partial charge in [-0.2, -0.15) is 0 Å². The number of amidine groups is 3. The van der Waals surface area contributed by atoms with Crippen LogP contribution >= 0.6 is 0 Å². The highest BCUT2D eigenvalue weighted by molar-refractivity contribution is 6.17. The average molecular weight is 600 g/mol. The van der Waals surface area contributed by atoms with Gasteiger partial charge in [-0.1, -0.05) is 115 Å². The lowest BCUT2D eigenvalue weighted by Gasteiger charge is -2.33. The summed E-state index contributed by atoms with van der Waals surface area (Å²) in [4.78, 5) is 15.4. The Hall–Kier alpha value is -5.29. The first kappa shape index (κ1) is 28.2. The summed E-state index contributed by atoms with van der Waals surface area (Å²) in [6, 6.07) is 28.0. The largest absolute Gasteiger partial charge is 0.367 e. The number of hydrogen-bond acceptors (Lipinski definition) is 5. The second-order valence-electron chi connectivity index (χ2n) is 12.7. The van der Waals surface area contributed by atoms with Crippen molar-refractivity contribution in [2.75, 3.05) is 0 Å². The summed E-state index contributed by atoms with van der Waals surface area (Å²) >= 11 is 0. The van der Waals surface area contributed by atoms with Crippen LogP contribution < -0.4 is 10.6 Å². The molecule has 3 aliphatic carbocycles. The van der Waals surface area contributed by atoms with Gasteiger partial charge in [-0.15, -0.1) is 0 Å². The molecule has 2 N–H and O–H groups in total. The average Bonchev–Trinajstić information content (AvgIpc) is 3.11. The smallest absolute Gasteiger partial charge is 0.169 e. The molecule has 2 aliphatic heterocycles. The minimum Gasteiger partial charge on any atom is -0.367 e. The lowest BCUT2D eigenvalue weighted by molar-refractivity contribution is 0.513. The lowest BCUT2D eigenvalue weighted by Crippen LogP contribution is -2.40. The van der Waals surface area contributed by atoms with Crippen LogP contribution in [0, 0.1) is 11.8 Å². The van der Waals surface area contributed by atoms with Gasteiger partial charge in [-0.25, -0.2) is 9.98 Å². The molecule has 0 saturated carbocycles. The number of hydrogen-bond donors (Lipinski definition) is 2. The third-order valence-electron chi connectivity index (χ3n) is 9.28. The van der Waals surface area contributed by atoms with Crippen LogP contribution in [-0.4, -0.2) is 29.6 Å². The van der Waals surface area contributed by atoms with E-state index in [4.69, 9.17) is 15.0 Å². The van der Waals surface area contributed by atoms with E-state index < -0.39 is 0 Å². The van der Waals surface area contributed by atoms with E-state index in [9.17, 15) is 0 Å². The Morgan fingerprint density at radius 1 is 0.630 bits per heavy atom. The van der Waals surface area contributed by atoms with Crippen molar-refractivity contribution in [3.05, 3.63) is 173 Å². The van der Waals surface area contributed by atoms with Crippen LogP contribution in [0.15, 0.2) is 160 Å². The van der Waals surface area contributed by atoms with Gasteiger partial charge in [0.15, 0.2) is 6.17 Å². The van der Waals surface area contributed by atoms with E-state index in [1.54, 1.807) is 0 Å². The molecule has 0 spiro atoms. The molecule has 5 aliphatic rings. The first-order chi connectivity index (χ1) is 22.6. The molecule has 3 aromatic carbocycles. The molecule has 4 unspecified atom stereocenters. The third kappa shape index (κ3) is 5.43. The Labute approximate surface area is 271 Å². The first-order valence-corrected chi connectivity index (χ1v) is 16.3. The van der Waals surface area contributed by atoms with Crippen LogP contribution in [0.1, 0.15) is 54.3 Å². The molecule has 5 heteroatoms. The van der Waals surface area contributed by atoms with E-state index >= 15 is 0 Å². The summed E-state index contributed by atoms with van der Waals surface area (Å²) in [6.45, 7) is 4.43. The van der Waals surface area contributed by atoms with Crippen molar-refractivity contribution in [3.63, 3.8) is 0 Å². The highest BCUT2D eigenvalue weighted by Gasteiger charge is 2.31. The SMILES string of the molecule is CC1CC(C)NC(c2cc(C3=N[C@H](c4ccccc4)N=C(c4ccccc4)N3)cc(C3=C4C=CC=CC4C4C=CC=CC4=C3)c2)=N1. The van der Waals surface area contributed by atoms with E-state index in [2.05, 4.69) is 122 Å². The summed E-state index contributed by atoms with van der Waals surface area (Å²) in [5.41, 5.74) is 9.23. The minimum absolute atomic E-state index is 0.248. The fourth-order valence-corrected chi connectivity index (χ4v) is 7.13. The maximum absolute atomic E-state index is 5.23. The van der Waals surface area contributed by atoms with Gasteiger partial charge in [0.2, 0.25) is 0 Å². The van der Waals surface area contributed by atoms with Crippen molar-refractivity contribution in [3.8, 4) is 0 Å². The van der Waals surface area contributed by atoms with Crippen LogP contribution in [0.2, 0.25) is 0 Å². The maximum Gasteiger partial charge on any atom is 0.169 e. The first-order valence-electron chi connectivity index (χ1n) is 16.3. The maximum atomic E-state index is 5.23. The fraction of sp³-hybridized carbons (Fsp3) is 0.195. The van der Waals surface area contributed by atoms with Gasteiger partial charge in [-0.3, -0.25) is 4.99 Å². The Kier molecular flexibility index (Phi) is 7.30. The van der Waals surface area contributed by atoms with Gasteiger partial charge in [-0.05, 0) is 66.3 Å². The molecule has 3 aromatic rings. The van der Waals surface area contributed by atoms with Crippen molar-refractivity contribution in [1.82, 2.24) is 10.6 Å². The van der Waals surface area contributed by atoms with Gasteiger partial charge >= 0.3 is 0 Å². The molecule has 46 heavy (non-hydrogen) atoms. The number of nitrogens with zero attached hydrogens (tertiary/aromatic N) is 3. The second kappa shape index (κ2) is 11.9. The number of fused-ring (bicyclic) bond motifs is 3. The topological polar surface area (TPSA) is 61.1 Å². The van der Waals surface area contributed by atoms with E-state index in [1.165, 1.54) is 16.7 Å². The van der Waals surface area contributed by atoms with E-state index in [0.717, 1.165) is 51.7 Å². The molecule has 5 atom stereocenters. The Morgan fingerprint density at radius 2 is 1.28 bits per heavy atom. The number of allylic oxidation sites excluding steroid dienone is 12. The van der Waals surface area contributed by atoms with E-state index in [0.29, 0.717) is 17.9 Å². The highest BCUT2D eigenvalue weighted by atomic mass is 15.2.